The molecule has 0 unspecified atom stereocenters. The molecule has 1 aliphatic heterocycles. The third-order valence-electron chi connectivity index (χ3n) is 4.04. The number of aryl methyl sites for hydroxylation is 2. The first-order valence-corrected chi connectivity index (χ1v) is 7.35. The molecule has 1 aromatic heterocycles. The van der Waals surface area contributed by atoms with Gasteiger partial charge >= 0.3 is 0 Å². The molecule has 2 rings (SSSR count). The van der Waals surface area contributed by atoms with E-state index in [0.717, 1.165) is 25.1 Å². The molecule has 0 aromatic carbocycles. The van der Waals surface area contributed by atoms with Crippen molar-refractivity contribution in [3.05, 3.63) is 17.0 Å². The van der Waals surface area contributed by atoms with Crippen molar-refractivity contribution in [1.82, 2.24) is 15.1 Å². The quantitative estimate of drug-likeness (QED) is 0.893. The maximum absolute atomic E-state index is 12.0. The second-order valence-corrected chi connectivity index (χ2v) is 6.08. The second-order valence-electron chi connectivity index (χ2n) is 6.08. The van der Waals surface area contributed by atoms with E-state index in [4.69, 9.17) is 4.74 Å². The van der Waals surface area contributed by atoms with E-state index in [-0.39, 0.29) is 11.4 Å². The number of amides is 1. The summed E-state index contributed by atoms with van der Waals surface area (Å²) in [5.41, 5.74) is 3.30. The summed E-state index contributed by atoms with van der Waals surface area (Å²) >= 11 is 0. The lowest BCUT2D eigenvalue weighted by molar-refractivity contribution is -0.122. The van der Waals surface area contributed by atoms with Crippen LogP contribution in [0.2, 0.25) is 0 Å². The topological polar surface area (TPSA) is 56.2 Å². The van der Waals surface area contributed by atoms with Gasteiger partial charge in [0.2, 0.25) is 5.91 Å². The summed E-state index contributed by atoms with van der Waals surface area (Å²) in [4.78, 5) is 12.0. The van der Waals surface area contributed by atoms with Crippen LogP contribution in [0.15, 0.2) is 0 Å². The number of hydrogen-bond donors (Lipinski definition) is 1. The molecule has 20 heavy (non-hydrogen) atoms. The number of nitrogens with one attached hydrogen (secondary N) is 1. The van der Waals surface area contributed by atoms with Gasteiger partial charge in [-0.3, -0.25) is 9.48 Å². The summed E-state index contributed by atoms with van der Waals surface area (Å²) in [6.07, 6.45) is 2.99. The van der Waals surface area contributed by atoms with Crippen molar-refractivity contribution in [2.24, 2.45) is 7.05 Å². The first kappa shape index (κ1) is 15.0. The first-order valence-electron chi connectivity index (χ1n) is 7.35. The Balaban J connectivity index is 1.96. The van der Waals surface area contributed by atoms with E-state index < -0.39 is 0 Å². The maximum atomic E-state index is 12.0. The lowest BCUT2D eigenvalue weighted by Gasteiger charge is -2.24. The maximum Gasteiger partial charge on any atom is 0.220 e. The normalized spacial score (nSPS) is 15.0. The van der Waals surface area contributed by atoms with Gasteiger partial charge in [0.1, 0.15) is 0 Å². The highest BCUT2D eigenvalue weighted by atomic mass is 16.5. The molecule has 0 bridgehead atoms. The van der Waals surface area contributed by atoms with Gasteiger partial charge in [0.25, 0.3) is 0 Å². The van der Waals surface area contributed by atoms with E-state index in [1.807, 2.05) is 25.6 Å². The van der Waals surface area contributed by atoms with E-state index >= 15 is 0 Å². The van der Waals surface area contributed by atoms with Gasteiger partial charge in [0.15, 0.2) is 0 Å². The number of carbonyl (C=O) groups is 1. The monoisotopic (exact) mass is 279 g/mol. The van der Waals surface area contributed by atoms with Gasteiger partial charge in [-0.05, 0) is 20.3 Å². The van der Waals surface area contributed by atoms with Gasteiger partial charge in [-0.15, -0.1) is 0 Å². The number of nitrogens with zero attached hydrogens (tertiary/aromatic N) is 2. The van der Waals surface area contributed by atoms with Crippen molar-refractivity contribution in [2.45, 2.75) is 58.6 Å². The molecular formula is C15H25N3O2. The van der Waals surface area contributed by atoms with Crippen molar-refractivity contribution in [3.8, 4) is 0 Å². The van der Waals surface area contributed by atoms with Crippen LogP contribution >= 0.6 is 0 Å². The highest BCUT2D eigenvalue weighted by Gasteiger charge is 2.21. The van der Waals surface area contributed by atoms with Gasteiger partial charge in [-0.25, -0.2) is 0 Å². The van der Waals surface area contributed by atoms with Crippen LogP contribution in [0.1, 0.15) is 50.6 Å². The number of rotatable bonds is 5. The molecule has 1 amide bonds. The number of aromatic nitrogens is 2. The number of hydrogen-bond acceptors (Lipinski definition) is 3. The summed E-state index contributed by atoms with van der Waals surface area (Å²) < 4.78 is 7.43. The molecule has 1 N–H and O–H groups in total. The molecule has 2 heterocycles. The zero-order valence-corrected chi connectivity index (χ0v) is 13.0. The minimum atomic E-state index is -0.135. The summed E-state index contributed by atoms with van der Waals surface area (Å²) in [6.45, 7) is 7.55. The Kier molecular flexibility index (Phi) is 4.48. The van der Waals surface area contributed by atoms with Crippen molar-refractivity contribution in [3.63, 3.8) is 0 Å². The van der Waals surface area contributed by atoms with Crippen molar-refractivity contribution >= 4 is 5.91 Å². The fourth-order valence-electron chi connectivity index (χ4n) is 2.45. The number of ether oxygens (including phenoxy) is 1. The smallest absolute Gasteiger partial charge is 0.220 e. The molecule has 0 saturated carbocycles. The Morgan fingerprint density at radius 1 is 1.50 bits per heavy atom. The second kappa shape index (κ2) is 5.95. The van der Waals surface area contributed by atoms with Crippen molar-refractivity contribution in [1.29, 1.82) is 0 Å². The van der Waals surface area contributed by atoms with Crippen LogP contribution in [0.3, 0.4) is 0 Å². The van der Waals surface area contributed by atoms with Crippen molar-refractivity contribution < 1.29 is 9.53 Å². The van der Waals surface area contributed by atoms with Gasteiger partial charge in [0, 0.05) is 43.1 Å². The number of fused-ring (bicyclic) bond motifs is 1. The molecule has 0 aliphatic carbocycles. The van der Waals surface area contributed by atoms with Crippen LogP contribution in [0.4, 0.5) is 0 Å². The lowest BCUT2D eigenvalue weighted by atomic mass is 10.0. The van der Waals surface area contributed by atoms with E-state index in [1.54, 1.807) is 0 Å². The SMILES string of the molecule is CCC(C)(C)NC(=O)CCc1nn(C)c2c1COCC2. The average molecular weight is 279 g/mol. The van der Waals surface area contributed by atoms with Crippen LogP contribution in [-0.2, 0) is 36.0 Å². The van der Waals surface area contributed by atoms with Gasteiger partial charge in [-0.1, -0.05) is 6.92 Å². The van der Waals surface area contributed by atoms with E-state index in [1.165, 1.54) is 11.3 Å². The molecule has 0 fully saturated rings. The Labute approximate surface area is 120 Å². The van der Waals surface area contributed by atoms with Crippen LogP contribution in [0, 0.1) is 0 Å². The zero-order valence-electron chi connectivity index (χ0n) is 13.0. The Bertz CT molecular complexity index is 492. The van der Waals surface area contributed by atoms with E-state index in [2.05, 4.69) is 17.3 Å². The molecule has 5 nitrogen and oxygen atoms in total. The molecule has 5 heteroatoms. The molecule has 1 aliphatic rings. The summed E-state index contributed by atoms with van der Waals surface area (Å²) in [5, 5.41) is 7.60. The van der Waals surface area contributed by atoms with Gasteiger partial charge < -0.3 is 10.1 Å². The fraction of sp³-hybridized carbons (Fsp3) is 0.733. The standard InChI is InChI=1S/C15H25N3O2/c1-5-15(2,3)16-14(19)7-6-12-11-10-20-9-8-13(11)18(4)17-12/h5-10H2,1-4H3,(H,16,19). The van der Waals surface area contributed by atoms with E-state index in [9.17, 15) is 4.79 Å². The lowest BCUT2D eigenvalue weighted by Crippen LogP contribution is -2.42. The molecular weight excluding hydrogens is 254 g/mol. The fourth-order valence-corrected chi connectivity index (χ4v) is 2.45. The van der Waals surface area contributed by atoms with Gasteiger partial charge in [-0.2, -0.15) is 5.10 Å². The number of carbonyl (C=O) groups excluding carboxylic acids is 1. The minimum Gasteiger partial charge on any atom is -0.376 e. The zero-order chi connectivity index (χ0) is 14.8. The third-order valence-corrected chi connectivity index (χ3v) is 4.04. The molecule has 0 radical (unpaired) electrons. The van der Waals surface area contributed by atoms with Crippen LogP contribution in [-0.4, -0.2) is 27.8 Å². The third kappa shape index (κ3) is 3.39. The predicted octanol–water partition coefficient (Wildman–Crippen LogP) is 1.73. The largest absolute Gasteiger partial charge is 0.376 e. The van der Waals surface area contributed by atoms with Crippen LogP contribution in [0.25, 0.3) is 0 Å². The van der Waals surface area contributed by atoms with Crippen molar-refractivity contribution in [2.75, 3.05) is 6.61 Å². The molecule has 112 valence electrons. The molecule has 0 saturated heterocycles. The predicted molar refractivity (Wildman–Crippen MR) is 77.4 cm³/mol. The minimum absolute atomic E-state index is 0.0907. The Morgan fingerprint density at radius 2 is 2.25 bits per heavy atom. The highest BCUT2D eigenvalue weighted by Crippen LogP contribution is 2.21. The summed E-state index contributed by atoms with van der Waals surface area (Å²) in [5.74, 6) is 0.0907. The van der Waals surface area contributed by atoms with Crippen LogP contribution < -0.4 is 5.32 Å². The Hall–Kier alpha value is -1.36. The average Bonchev–Trinajstić information content (AvgIpc) is 2.73. The molecule has 1 aromatic rings. The molecule has 0 atom stereocenters. The van der Waals surface area contributed by atoms with Crippen LogP contribution in [0.5, 0.6) is 0 Å². The van der Waals surface area contributed by atoms with E-state index in [0.29, 0.717) is 19.4 Å². The summed E-state index contributed by atoms with van der Waals surface area (Å²) in [7, 11) is 1.97. The molecule has 0 spiro atoms. The Morgan fingerprint density at radius 3 is 2.95 bits per heavy atom. The highest BCUT2D eigenvalue weighted by molar-refractivity contribution is 5.76. The van der Waals surface area contributed by atoms with Gasteiger partial charge in [0.05, 0.1) is 18.9 Å². The summed E-state index contributed by atoms with van der Waals surface area (Å²) in [6, 6.07) is 0. The first-order chi connectivity index (χ1) is 9.43.